The summed E-state index contributed by atoms with van der Waals surface area (Å²) in [4.78, 5) is 23.3. The summed E-state index contributed by atoms with van der Waals surface area (Å²) in [6, 6.07) is 14.4. The highest BCUT2D eigenvalue weighted by molar-refractivity contribution is 6.35. The number of hydrogen-bond acceptors (Lipinski definition) is 4. The zero-order valence-electron chi connectivity index (χ0n) is 14.0. The topological polar surface area (TPSA) is 64.6 Å². The molecule has 0 aromatic heterocycles. The first-order valence-electron chi connectivity index (χ1n) is 8.08. The van der Waals surface area contributed by atoms with Gasteiger partial charge in [0, 0.05) is 16.6 Å². The van der Waals surface area contributed by atoms with Gasteiger partial charge in [0.25, 0.3) is 5.91 Å². The van der Waals surface area contributed by atoms with Crippen LogP contribution in [0.5, 0.6) is 5.75 Å². The van der Waals surface area contributed by atoms with Crippen LogP contribution in [0.3, 0.4) is 0 Å². The maximum Gasteiger partial charge on any atom is 0.309 e. The number of hydrogen-bond donors (Lipinski definition) is 1. The Hall–Kier alpha value is -2.24. The molecular formula is C19H19Cl2NO4. The maximum absolute atomic E-state index is 11.7. The van der Waals surface area contributed by atoms with Gasteiger partial charge in [0.1, 0.15) is 5.75 Å². The summed E-state index contributed by atoms with van der Waals surface area (Å²) in [6.45, 7) is 0.257. The van der Waals surface area contributed by atoms with E-state index < -0.39 is 5.97 Å². The van der Waals surface area contributed by atoms with Crippen LogP contribution in [0.2, 0.25) is 10.0 Å². The fourth-order valence-electron chi connectivity index (χ4n) is 2.10. The first-order valence-corrected chi connectivity index (χ1v) is 8.84. The Bertz CT molecular complexity index is 738. The van der Waals surface area contributed by atoms with Crippen molar-refractivity contribution in [1.29, 1.82) is 0 Å². The summed E-state index contributed by atoms with van der Waals surface area (Å²) < 4.78 is 10.3. The minimum atomic E-state index is -0.489. The van der Waals surface area contributed by atoms with Gasteiger partial charge in [-0.25, -0.2) is 0 Å². The standard InChI is InChI=1S/C19H19Cl2NO4/c20-15-7-6-14(17(21)12-15)8-10-22-18(23)13-26-19(24)9-11-25-16-4-2-1-3-5-16/h1-7,12H,8-11,13H2,(H,22,23). The lowest BCUT2D eigenvalue weighted by Crippen LogP contribution is -2.30. The molecule has 0 radical (unpaired) electrons. The van der Waals surface area contributed by atoms with Crippen molar-refractivity contribution in [2.24, 2.45) is 0 Å². The Labute approximate surface area is 162 Å². The summed E-state index contributed by atoms with van der Waals surface area (Å²) >= 11 is 11.9. The number of esters is 1. The lowest BCUT2D eigenvalue weighted by molar-refractivity contribution is -0.149. The van der Waals surface area contributed by atoms with Gasteiger partial charge in [-0.2, -0.15) is 0 Å². The van der Waals surface area contributed by atoms with Crippen molar-refractivity contribution in [1.82, 2.24) is 5.32 Å². The molecule has 7 heteroatoms. The van der Waals surface area contributed by atoms with Crippen LogP contribution in [0.4, 0.5) is 0 Å². The van der Waals surface area contributed by atoms with E-state index in [0.29, 0.717) is 28.8 Å². The van der Waals surface area contributed by atoms with Gasteiger partial charge in [-0.15, -0.1) is 0 Å². The van der Waals surface area contributed by atoms with Crippen molar-refractivity contribution >= 4 is 35.1 Å². The molecule has 0 unspecified atom stereocenters. The summed E-state index contributed by atoms with van der Waals surface area (Å²) in [5, 5.41) is 3.78. The molecule has 0 spiro atoms. The van der Waals surface area contributed by atoms with Crippen molar-refractivity contribution < 1.29 is 19.1 Å². The number of benzene rings is 2. The van der Waals surface area contributed by atoms with Crippen LogP contribution in [-0.2, 0) is 20.7 Å². The van der Waals surface area contributed by atoms with Gasteiger partial charge in [-0.05, 0) is 36.2 Å². The van der Waals surface area contributed by atoms with Crippen molar-refractivity contribution in [3.8, 4) is 5.75 Å². The fourth-order valence-corrected chi connectivity index (χ4v) is 2.60. The van der Waals surface area contributed by atoms with Crippen LogP contribution < -0.4 is 10.1 Å². The molecule has 0 aliphatic carbocycles. The van der Waals surface area contributed by atoms with Gasteiger partial charge in [-0.3, -0.25) is 9.59 Å². The number of ether oxygens (including phenoxy) is 2. The summed E-state index contributed by atoms with van der Waals surface area (Å²) in [5.74, 6) is -0.178. The van der Waals surface area contributed by atoms with Gasteiger partial charge in [0.2, 0.25) is 0 Å². The molecule has 26 heavy (non-hydrogen) atoms. The van der Waals surface area contributed by atoms with E-state index in [1.54, 1.807) is 24.3 Å². The molecule has 138 valence electrons. The molecule has 0 saturated heterocycles. The van der Waals surface area contributed by atoms with E-state index in [9.17, 15) is 9.59 Å². The SMILES string of the molecule is O=C(COC(=O)CCOc1ccccc1)NCCc1ccc(Cl)cc1Cl. The zero-order valence-corrected chi connectivity index (χ0v) is 15.6. The van der Waals surface area contributed by atoms with Crippen LogP contribution >= 0.6 is 23.2 Å². The van der Waals surface area contributed by atoms with Gasteiger partial charge in [0.15, 0.2) is 6.61 Å². The number of carbonyl (C=O) groups is 2. The molecule has 1 amide bonds. The van der Waals surface area contributed by atoms with Crippen LogP contribution in [-0.4, -0.2) is 31.6 Å². The highest BCUT2D eigenvalue weighted by Crippen LogP contribution is 2.21. The van der Waals surface area contributed by atoms with Gasteiger partial charge in [-0.1, -0.05) is 47.5 Å². The van der Waals surface area contributed by atoms with E-state index in [-0.39, 0.29) is 25.5 Å². The average molecular weight is 396 g/mol. The number of carbonyl (C=O) groups excluding carboxylic acids is 2. The second-order valence-electron chi connectivity index (χ2n) is 5.41. The molecule has 1 N–H and O–H groups in total. The van der Waals surface area contributed by atoms with Crippen LogP contribution in [0.15, 0.2) is 48.5 Å². The van der Waals surface area contributed by atoms with Gasteiger partial charge in [0.05, 0.1) is 13.0 Å². The predicted molar refractivity (Wildman–Crippen MR) is 101 cm³/mol. The van der Waals surface area contributed by atoms with E-state index in [1.165, 1.54) is 0 Å². The van der Waals surface area contributed by atoms with E-state index in [4.69, 9.17) is 32.7 Å². The predicted octanol–water partition coefficient (Wildman–Crippen LogP) is 3.66. The smallest absolute Gasteiger partial charge is 0.309 e. The average Bonchev–Trinajstić information content (AvgIpc) is 2.63. The van der Waals surface area contributed by atoms with Crippen molar-refractivity contribution in [3.05, 3.63) is 64.1 Å². The van der Waals surface area contributed by atoms with E-state index in [1.807, 2.05) is 24.3 Å². The van der Waals surface area contributed by atoms with Crippen LogP contribution in [0.25, 0.3) is 0 Å². The Morgan fingerprint density at radius 1 is 1.04 bits per heavy atom. The first-order chi connectivity index (χ1) is 12.5. The first kappa shape index (κ1) is 20.1. The molecule has 0 fully saturated rings. The van der Waals surface area contributed by atoms with Crippen LogP contribution in [0.1, 0.15) is 12.0 Å². The number of para-hydroxylation sites is 1. The number of amides is 1. The minimum Gasteiger partial charge on any atom is -0.493 e. The van der Waals surface area contributed by atoms with E-state index in [2.05, 4.69) is 5.32 Å². The molecule has 0 saturated carbocycles. The molecular weight excluding hydrogens is 377 g/mol. The molecule has 0 heterocycles. The molecule has 0 bridgehead atoms. The van der Waals surface area contributed by atoms with Crippen molar-refractivity contribution in [2.75, 3.05) is 19.8 Å². The summed E-state index contributed by atoms with van der Waals surface area (Å²) in [5.41, 5.74) is 0.881. The number of nitrogens with one attached hydrogen (secondary N) is 1. The van der Waals surface area contributed by atoms with E-state index >= 15 is 0 Å². The summed E-state index contributed by atoms with van der Waals surface area (Å²) in [7, 11) is 0. The van der Waals surface area contributed by atoms with Crippen LogP contribution in [0, 0.1) is 0 Å². The van der Waals surface area contributed by atoms with Gasteiger partial charge >= 0.3 is 5.97 Å². The molecule has 2 aromatic rings. The quantitative estimate of drug-likeness (QED) is 0.657. The molecule has 2 rings (SSSR count). The van der Waals surface area contributed by atoms with Crippen molar-refractivity contribution in [3.63, 3.8) is 0 Å². The Kier molecular flexibility index (Phi) is 8.25. The third-order valence-corrected chi connectivity index (χ3v) is 4.00. The largest absolute Gasteiger partial charge is 0.493 e. The normalized spacial score (nSPS) is 10.2. The number of halogens is 2. The minimum absolute atomic E-state index is 0.0720. The second-order valence-corrected chi connectivity index (χ2v) is 6.25. The lowest BCUT2D eigenvalue weighted by atomic mass is 10.1. The monoisotopic (exact) mass is 395 g/mol. The lowest BCUT2D eigenvalue weighted by Gasteiger charge is -2.08. The zero-order chi connectivity index (χ0) is 18.8. The highest BCUT2D eigenvalue weighted by atomic mass is 35.5. The van der Waals surface area contributed by atoms with Crippen molar-refractivity contribution in [2.45, 2.75) is 12.8 Å². The Balaban J connectivity index is 1.58. The third-order valence-electron chi connectivity index (χ3n) is 3.41. The third kappa shape index (κ3) is 7.33. The maximum atomic E-state index is 11.7. The molecule has 5 nitrogen and oxygen atoms in total. The highest BCUT2D eigenvalue weighted by Gasteiger charge is 2.08. The molecule has 0 aliphatic heterocycles. The van der Waals surface area contributed by atoms with E-state index in [0.717, 1.165) is 5.56 Å². The van der Waals surface area contributed by atoms with Gasteiger partial charge < -0.3 is 14.8 Å². The molecule has 0 aliphatic rings. The Morgan fingerprint density at radius 2 is 1.81 bits per heavy atom. The second kappa shape index (κ2) is 10.7. The fraction of sp³-hybridized carbons (Fsp3) is 0.263. The number of rotatable bonds is 9. The molecule has 0 atom stereocenters. The molecule has 2 aromatic carbocycles. The summed E-state index contributed by atoms with van der Waals surface area (Å²) in [6.07, 6.45) is 0.628. The Morgan fingerprint density at radius 3 is 2.54 bits per heavy atom.